The summed E-state index contributed by atoms with van der Waals surface area (Å²) < 4.78 is 12.7. The monoisotopic (exact) mass is 393 g/mol. The second-order valence-corrected chi connectivity index (χ2v) is 5.97. The van der Waals surface area contributed by atoms with Gasteiger partial charge < -0.3 is 14.8 Å². The van der Waals surface area contributed by atoms with E-state index in [2.05, 4.69) is 56.2 Å². The van der Waals surface area contributed by atoms with Crippen LogP contribution in [0.5, 0.6) is 5.75 Å². The van der Waals surface area contributed by atoms with Crippen molar-refractivity contribution in [1.82, 2.24) is 5.32 Å². The van der Waals surface area contributed by atoms with Crippen LogP contribution in [0.1, 0.15) is 25.3 Å². The largest absolute Gasteiger partial charge is 0.491 e. The van der Waals surface area contributed by atoms with Crippen LogP contribution < -0.4 is 10.1 Å². The Morgan fingerprint density at radius 3 is 2.42 bits per heavy atom. The zero-order valence-corrected chi connectivity index (χ0v) is 14.6. The Balaban J connectivity index is 2.57. The van der Waals surface area contributed by atoms with Crippen molar-refractivity contribution in [2.75, 3.05) is 26.9 Å². The van der Waals surface area contributed by atoms with Crippen LogP contribution in [-0.2, 0) is 11.3 Å². The number of hydrogen-bond donors (Lipinski definition) is 1. The summed E-state index contributed by atoms with van der Waals surface area (Å²) in [6, 6.07) is 4.18. The van der Waals surface area contributed by atoms with Crippen LogP contribution in [0, 0.1) is 0 Å². The van der Waals surface area contributed by atoms with Gasteiger partial charge in [-0.1, -0.05) is 13.3 Å². The van der Waals surface area contributed by atoms with Crippen molar-refractivity contribution in [1.29, 1.82) is 0 Å². The number of hydrogen-bond acceptors (Lipinski definition) is 3. The zero-order chi connectivity index (χ0) is 14.1. The number of halogens is 2. The first kappa shape index (κ1) is 17.0. The van der Waals surface area contributed by atoms with Gasteiger partial charge in [-0.2, -0.15) is 0 Å². The minimum atomic E-state index is 0.723. The predicted molar refractivity (Wildman–Crippen MR) is 85.8 cm³/mol. The van der Waals surface area contributed by atoms with E-state index in [1.165, 1.54) is 5.56 Å². The molecule has 3 nitrogen and oxygen atoms in total. The molecule has 0 aliphatic heterocycles. The lowest BCUT2D eigenvalue weighted by Crippen LogP contribution is -2.18. The van der Waals surface area contributed by atoms with Gasteiger partial charge in [0.2, 0.25) is 0 Å². The third-order valence-electron chi connectivity index (χ3n) is 2.61. The molecule has 0 heterocycles. The molecule has 0 amide bonds. The molecule has 0 unspecified atom stereocenters. The number of rotatable bonds is 9. The van der Waals surface area contributed by atoms with E-state index in [0.717, 1.165) is 53.8 Å². The second kappa shape index (κ2) is 9.75. The van der Waals surface area contributed by atoms with Crippen molar-refractivity contribution in [3.63, 3.8) is 0 Å². The molecule has 0 saturated heterocycles. The second-order valence-electron chi connectivity index (χ2n) is 4.26. The van der Waals surface area contributed by atoms with Crippen molar-refractivity contribution in [2.45, 2.75) is 26.3 Å². The van der Waals surface area contributed by atoms with Crippen LogP contribution in [0.3, 0.4) is 0 Å². The van der Waals surface area contributed by atoms with Crippen molar-refractivity contribution >= 4 is 31.9 Å². The van der Waals surface area contributed by atoms with Gasteiger partial charge in [-0.25, -0.2) is 0 Å². The van der Waals surface area contributed by atoms with E-state index in [4.69, 9.17) is 9.47 Å². The molecule has 0 saturated carbocycles. The highest BCUT2D eigenvalue weighted by molar-refractivity contribution is 9.11. The Labute approximate surface area is 132 Å². The molecule has 0 radical (unpaired) electrons. The molecule has 1 aromatic carbocycles. The summed E-state index contributed by atoms with van der Waals surface area (Å²) in [5.74, 6) is 0.883. The maximum Gasteiger partial charge on any atom is 0.147 e. The van der Waals surface area contributed by atoms with E-state index in [9.17, 15) is 0 Å². The van der Waals surface area contributed by atoms with Gasteiger partial charge in [0.15, 0.2) is 0 Å². The van der Waals surface area contributed by atoms with E-state index in [0.29, 0.717) is 0 Å². The van der Waals surface area contributed by atoms with E-state index >= 15 is 0 Å². The lowest BCUT2D eigenvalue weighted by molar-refractivity contribution is 0.199. The topological polar surface area (TPSA) is 30.5 Å². The molecule has 0 aromatic heterocycles. The summed E-state index contributed by atoms with van der Waals surface area (Å²) in [7, 11) is 1.71. The summed E-state index contributed by atoms with van der Waals surface area (Å²) >= 11 is 7.13. The summed E-state index contributed by atoms with van der Waals surface area (Å²) in [5.41, 5.74) is 1.21. The molecule has 0 atom stereocenters. The van der Waals surface area contributed by atoms with Crippen LogP contribution in [0.4, 0.5) is 0 Å². The molecular weight excluding hydrogens is 374 g/mol. The maximum atomic E-state index is 5.77. The molecular formula is C14H21Br2NO2. The number of nitrogens with one attached hydrogen (secondary N) is 1. The van der Waals surface area contributed by atoms with Crippen molar-refractivity contribution in [3.8, 4) is 5.75 Å². The van der Waals surface area contributed by atoms with Gasteiger partial charge in [0.25, 0.3) is 0 Å². The SMILES string of the molecule is CCCCOc1c(Br)cc(CNCCOC)cc1Br. The van der Waals surface area contributed by atoms with Gasteiger partial charge in [-0.05, 0) is 56.0 Å². The Hall–Kier alpha value is -0.100. The number of benzene rings is 1. The fraction of sp³-hybridized carbons (Fsp3) is 0.571. The Morgan fingerprint density at radius 1 is 1.16 bits per heavy atom. The highest BCUT2D eigenvalue weighted by Crippen LogP contribution is 2.34. The Kier molecular flexibility index (Phi) is 8.70. The minimum absolute atomic E-state index is 0.723. The maximum absolute atomic E-state index is 5.77. The highest BCUT2D eigenvalue weighted by Gasteiger charge is 2.08. The molecule has 5 heteroatoms. The highest BCUT2D eigenvalue weighted by atomic mass is 79.9. The van der Waals surface area contributed by atoms with Gasteiger partial charge in [0.1, 0.15) is 5.75 Å². The number of methoxy groups -OCH3 is 1. The zero-order valence-electron chi connectivity index (χ0n) is 11.5. The molecule has 0 spiro atoms. The standard InChI is InChI=1S/C14H21Br2NO2/c1-3-4-6-19-14-12(15)8-11(9-13(14)16)10-17-5-7-18-2/h8-9,17H,3-7,10H2,1-2H3. The first-order valence-corrected chi connectivity index (χ1v) is 8.08. The van der Waals surface area contributed by atoms with E-state index in [1.54, 1.807) is 7.11 Å². The van der Waals surface area contributed by atoms with E-state index < -0.39 is 0 Å². The number of unbranched alkanes of at least 4 members (excludes halogenated alkanes) is 1. The average molecular weight is 395 g/mol. The van der Waals surface area contributed by atoms with E-state index in [1.807, 2.05) is 0 Å². The average Bonchev–Trinajstić information content (AvgIpc) is 2.38. The predicted octanol–water partition coefficient (Wildman–Crippen LogP) is 4.13. The van der Waals surface area contributed by atoms with Gasteiger partial charge >= 0.3 is 0 Å². The van der Waals surface area contributed by atoms with Crippen LogP contribution in [0.2, 0.25) is 0 Å². The first-order chi connectivity index (χ1) is 9.19. The molecule has 19 heavy (non-hydrogen) atoms. The van der Waals surface area contributed by atoms with Gasteiger partial charge in [-0.3, -0.25) is 0 Å². The first-order valence-electron chi connectivity index (χ1n) is 6.49. The van der Waals surface area contributed by atoms with E-state index in [-0.39, 0.29) is 0 Å². The van der Waals surface area contributed by atoms with Gasteiger partial charge in [0, 0.05) is 20.2 Å². The van der Waals surface area contributed by atoms with Gasteiger partial charge in [-0.15, -0.1) is 0 Å². The quantitative estimate of drug-likeness (QED) is 0.639. The molecule has 0 aliphatic carbocycles. The minimum Gasteiger partial charge on any atom is -0.491 e. The van der Waals surface area contributed by atoms with Crippen LogP contribution >= 0.6 is 31.9 Å². The summed E-state index contributed by atoms with van der Waals surface area (Å²) in [6.45, 7) is 5.29. The fourth-order valence-corrected chi connectivity index (χ4v) is 3.09. The molecule has 0 bridgehead atoms. The third kappa shape index (κ3) is 6.25. The summed E-state index contributed by atoms with van der Waals surface area (Å²) in [4.78, 5) is 0. The lowest BCUT2D eigenvalue weighted by Gasteiger charge is -2.12. The molecule has 0 aliphatic rings. The Bertz CT molecular complexity index is 363. The molecule has 108 valence electrons. The lowest BCUT2D eigenvalue weighted by atomic mass is 10.2. The van der Waals surface area contributed by atoms with Gasteiger partial charge in [0.05, 0.1) is 22.2 Å². The summed E-state index contributed by atoms with van der Waals surface area (Å²) in [5, 5.41) is 3.32. The summed E-state index contributed by atoms with van der Waals surface area (Å²) in [6.07, 6.45) is 2.20. The number of ether oxygens (including phenoxy) is 2. The van der Waals surface area contributed by atoms with Crippen molar-refractivity contribution in [3.05, 3.63) is 26.6 Å². The fourth-order valence-electron chi connectivity index (χ4n) is 1.58. The van der Waals surface area contributed by atoms with Crippen LogP contribution in [0.25, 0.3) is 0 Å². The molecule has 1 N–H and O–H groups in total. The van der Waals surface area contributed by atoms with Crippen LogP contribution in [0.15, 0.2) is 21.1 Å². The smallest absolute Gasteiger partial charge is 0.147 e. The third-order valence-corrected chi connectivity index (χ3v) is 3.79. The van der Waals surface area contributed by atoms with Crippen molar-refractivity contribution < 1.29 is 9.47 Å². The molecule has 1 aromatic rings. The molecule has 0 fully saturated rings. The normalized spacial score (nSPS) is 10.7. The van der Waals surface area contributed by atoms with Crippen LogP contribution in [-0.4, -0.2) is 26.9 Å². The molecule has 1 rings (SSSR count). The van der Waals surface area contributed by atoms with Crippen molar-refractivity contribution in [2.24, 2.45) is 0 Å². The Morgan fingerprint density at radius 2 is 1.84 bits per heavy atom.